The molecule has 0 spiro atoms. The molecule has 0 saturated heterocycles. The van der Waals surface area contributed by atoms with E-state index in [0.717, 1.165) is 17.9 Å². The van der Waals surface area contributed by atoms with Crippen molar-refractivity contribution in [3.63, 3.8) is 0 Å². The van der Waals surface area contributed by atoms with Crippen LogP contribution in [0.1, 0.15) is 5.56 Å². The molecular formula is C20H20ClNO3S. The van der Waals surface area contributed by atoms with Crippen LogP contribution in [0.25, 0.3) is 0 Å². The Balaban J connectivity index is 1.51. The summed E-state index contributed by atoms with van der Waals surface area (Å²) in [5.41, 5.74) is 0.959. The van der Waals surface area contributed by atoms with E-state index in [9.17, 15) is 8.42 Å². The number of rotatable bonds is 8. The zero-order chi connectivity index (χ0) is 18.4. The summed E-state index contributed by atoms with van der Waals surface area (Å²) in [7, 11) is -3.32. The molecule has 3 rings (SSSR count). The Morgan fingerprint density at radius 3 is 2.23 bits per heavy atom. The molecule has 0 aliphatic carbocycles. The van der Waals surface area contributed by atoms with Crippen LogP contribution in [-0.2, 0) is 22.8 Å². The predicted octanol–water partition coefficient (Wildman–Crippen LogP) is 4.24. The molecule has 0 amide bonds. The Morgan fingerprint density at radius 2 is 1.58 bits per heavy atom. The Bertz CT molecular complexity index is 918. The maximum Gasteiger partial charge on any atom is 0.178 e. The third-order valence-electron chi connectivity index (χ3n) is 4.04. The van der Waals surface area contributed by atoms with Gasteiger partial charge >= 0.3 is 0 Å². The van der Waals surface area contributed by atoms with Crippen LogP contribution < -0.4 is 4.74 Å². The van der Waals surface area contributed by atoms with E-state index in [4.69, 9.17) is 16.3 Å². The summed E-state index contributed by atoms with van der Waals surface area (Å²) in [5.74, 6) is 0.837. The fourth-order valence-electron chi connectivity index (χ4n) is 2.55. The average Bonchev–Trinajstić information content (AvgIpc) is 3.15. The van der Waals surface area contributed by atoms with Crippen LogP contribution in [0.3, 0.4) is 0 Å². The SMILES string of the molecule is O=S(=O)(CCc1ccc(OCCn2cccc2)cc1)c1ccc(Cl)cc1. The lowest BCUT2D eigenvalue weighted by Gasteiger charge is -2.08. The van der Waals surface area contributed by atoms with Crippen LogP contribution in [0.15, 0.2) is 78.0 Å². The van der Waals surface area contributed by atoms with Gasteiger partial charge in [0.25, 0.3) is 0 Å². The maximum atomic E-state index is 12.4. The van der Waals surface area contributed by atoms with E-state index in [1.54, 1.807) is 24.3 Å². The Hall–Kier alpha value is -2.24. The number of aryl methyl sites for hydroxylation is 1. The van der Waals surface area contributed by atoms with Gasteiger partial charge < -0.3 is 9.30 Å². The molecule has 2 aromatic carbocycles. The smallest absolute Gasteiger partial charge is 0.178 e. The van der Waals surface area contributed by atoms with E-state index in [1.807, 2.05) is 48.8 Å². The minimum atomic E-state index is -3.32. The van der Waals surface area contributed by atoms with Gasteiger partial charge in [0, 0.05) is 17.4 Å². The molecule has 0 saturated carbocycles. The van der Waals surface area contributed by atoms with Crippen LogP contribution in [0.4, 0.5) is 0 Å². The summed E-state index contributed by atoms with van der Waals surface area (Å²) < 4.78 is 32.5. The Kier molecular flexibility index (Phi) is 6.01. The zero-order valence-electron chi connectivity index (χ0n) is 14.2. The van der Waals surface area contributed by atoms with Gasteiger partial charge in [0.1, 0.15) is 12.4 Å². The molecule has 6 heteroatoms. The maximum absolute atomic E-state index is 12.4. The minimum Gasteiger partial charge on any atom is -0.492 e. The summed E-state index contributed by atoms with van der Waals surface area (Å²) >= 11 is 5.81. The van der Waals surface area contributed by atoms with Crippen molar-refractivity contribution in [2.75, 3.05) is 12.4 Å². The normalized spacial score (nSPS) is 11.4. The third kappa shape index (κ3) is 5.13. The number of sulfone groups is 1. The molecular weight excluding hydrogens is 370 g/mol. The topological polar surface area (TPSA) is 48.3 Å². The minimum absolute atomic E-state index is 0.0580. The van der Waals surface area contributed by atoms with Gasteiger partial charge in [0.05, 0.1) is 17.2 Å². The van der Waals surface area contributed by atoms with E-state index in [-0.39, 0.29) is 5.75 Å². The first-order valence-corrected chi connectivity index (χ1v) is 10.4. The van der Waals surface area contributed by atoms with Crippen LogP contribution in [-0.4, -0.2) is 25.3 Å². The van der Waals surface area contributed by atoms with Crippen molar-refractivity contribution in [2.45, 2.75) is 17.9 Å². The quantitative estimate of drug-likeness (QED) is 0.579. The van der Waals surface area contributed by atoms with E-state index in [1.165, 1.54) is 0 Å². The highest BCUT2D eigenvalue weighted by Crippen LogP contribution is 2.18. The molecule has 0 aliphatic rings. The number of hydrogen-bond acceptors (Lipinski definition) is 3. The van der Waals surface area contributed by atoms with Gasteiger partial charge in [0.15, 0.2) is 9.84 Å². The van der Waals surface area contributed by atoms with Crippen molar-refractivity contribution in [3.8, 4) is 5.75 Å². The molecule has 26 heavy (non-hydrogen) atoms. The number of halogens is 1. The first-order chi connectivity index (χ1) is 12.5. The second-order valence-corrected chi connectivity index (χ2v) is 8.48. The fourth-order valence-corrected chi connectivity index (χ4v) is 3.97. The second-order valence-electron chi connectivity index (χ2n) is 5.94. The lowest BCUT2D eigenvalue weighted by molar-refractivity contribution is 0.298. The molecule has 0 aliphatic heterocycles. The number of nitrogens with zero attached hydrogens (tertiary/aromatic N) is 1. The van der Waals surface area contributed by atoms with Crippen LogP contribution in [0, 0.1) is 0 Å². The highest BCUT2D eigenvalue weighted by atomic mass is 35.5. The summed E-state index contributed by atoms with van der Waals surface area (Å²) in [5, 5.41) is 0.524. The van der Waals surface area contributed by atoms with Gasteiger partial charge in [-0.05, 0) is 60.5 Å². The number of hydrogen-bond donors (Lipinski definition) is 0. The molecule has 0 atom stereocenters. The van der Waals surface area contributed by atoms with Crippen molar-refractivity contribution in [3.05, 3.63) is 83.6 Å². The molecule has 0 unspecified atom stereocenters. The van der Waals surface area contributed by atoms with Gasteiger partial charge in [-0.15, -0.1) is 0 Å². The lowest BCUT2D eigenvalue weighted by Crippen LogP contribution is -2.09. The van der Waals surface area contributed by atoms with E-state index < -0.39 is 9.84 Å². The van der Waals surface area contributed by atoms with Crippen molar-refractivity contribution >= 4 is 21.4 Å². The van der Waals surface area contributed by atoms with Crippen molar-refractivity contribution in [1.82, 2.24) is 4.57 Å². The summed E-state index contributed by atoms with van der Waals surface area (Å²) in [6, 6.07) is 17.8. The fraction of sp³-hybridized carbons (Fsp3) is 0.200. The van der Waals surface area contributed by atoms with Crippen molar-refractivity contribution in [2.24, 2.45) is 0 Å². The molecule has 4 nitrogen and oxygen atoms in total. The van der Waals surface area contributed by atoms with Gasteiger partial charge in [-0.3, -0.25) is 0 Å². The van der Waals surface area contributed by atoms with E-state index in [2.05, 4.69) is 4.57 Å². The Morgan fingerprint density at radius 1 is 0.923 bits per heavy atom. The third-order valence-corrected chi connectivity index (χ3v) is 6.02. The molecule has 1 aromatic heterocycles. The molecule has 0 bridgehead atoms. The van der Waals surface area contributed by atoms with Gasteiger partial charge in [-0.1, -0.05) is 23.7 Å². The number of benzene rings is 2. The molecule has 136 valence electrons. The first-order valence-electron chi connectivity index (χ1n) is 8.34. The highest BCUT2D eigenvalue weighted by Gasteiger charge is 2.14. The molecule has 3 aromatic rings. The predicted molar refractivity (Wildman–Crippen MR) is 104 cm³/mol. The Labute approximate surface area is 158 Å². The number of aromatic nitrogens is 1. The highest BCUT2D eigenvalue weighted by molar-refractivity contribution is 7.91. The zero-order valence-corrected chi connectivity index (χ0v) is 15.8. The largest absolute Gasteiger partial charge is 0.492 e. The van der Waals surface area contributed by atoms with Crippen molar-refractivity contribution in [1.29, 1.82) is 0 Å². The second kappa shape index (κ2) is 8.43. The molecule has 0 radical (unpaired) electrons. The number of ether oxygens (including phenoxy) is 1. The van der Waals surface area contributed by atoms with Gasteiger partial charge in [-0.2, -0.15) is 0 Å². The van der Waals surface area contributed by atoms with Crippen LogP contribution in [0.2, 0.25) is 5.02 Å². The van der Waals surface area contributed by atoms with Crippen LogP contribution in [0.5, 0.6) is 5.75 Å². The lowest BCUT2D eigenvalue weighted by atomic mass is 10.2. The van der Waals surface area contributed by atoms with E-state index in [0.29, 0.717) is 22.9 Å². The summed E-state index contributed by atoms with van der Waals surface area (Å²) in [6.07, 6.45) is 4.44. The van der Waals surface area contributed by atoms with Gasteiger partial charge in [0.2, 0.25) is 0 Å². The van der Waals surface area contributed by atoms with Gasteiger partial charge in [-0.25, -0.2) is 8.42 Å². The molecule has 1 heterocycles. The monoisotopic (exact) mass is 389 g/mol. The standard InChI is InChI=1S/C20H20ClNO3S/c21-18-5-9-20(10-6-18)26(23,24)16-11-17-3-7-19(8-4-17)25-15-14-22-12-1-2-13-22/h1-10,12-13H,11,14-16H2. The molecule has 0 fully saturated rings. The molecule has 0 N–H and O–H groups in total. The van der Waals surface area contributed by atoms with Crippen molar-refractivity contribution < 1.29 is 13.2 Å². The first kappa shape index (κ1) is 18.5. The summed E-state index contributed by atoms with van der Waals surface area (Å²) in [4.78, 5) is 0.298. The summed E-state index contributed by atoms with van der Waals surface area (Å²) in [6.45, 7) is 1.37. The van der Waals surface area contributed by atoms with Crippen LogP contribution >= 0.6 is 11.6 Å². The van der Waals surface area contributed by atoms with E-state index >= 15 is 0 Å². The average molecular weight is 390 g/mol.